The Morgan fingerprint density at radius 1 is 1.00 bits per heavy atom. The lowest BCUT2D eigenvalue weighted by Crippen LogP contribution is -2.48. The van der Waals surface area contributed by atoms with Crippen molar-refractivity contribution in [1.29, 1.82) is 0 Å². The number of nitrogens with zero attached hydrogens (tertiary/aromatic N) is 4. The quantitative estimate of drug-likeness (QED) is 0.576. The number of aromatic nitrogens is 2. The third kappa shape index (κ3) is 5.20. The van der Waals surface area contributed by atoms with Gasteiger partial charge in [0.25, 0.3) is 0 Å². The van der Waals surface area contributed by atoms with E-state index >= 15 is 0 Å². The van der Waals surface area contributed by atoms with E-state index in [1.54, 1.807) is 42.9 Å². The molecule has 1 unspecified atom stereocenters. The maximum absolute atomic E-state index is 13.1. The number of amides is 1. The van der Waals surface area contributed by atoms with Crippen molar-refractivity contribution in [2.24, 2.45) is 0 Å². The molecule has 1 aliphatic heterocycles. The number of rotatable bonds is 7. The van der Waals surface area contributed by atoms with Gasteiger partial charge in [0, 0.05) is 44.3 Å². The number of benzene rings is 2. The Balaban J connectivity index is 1.39. The third-order valence-corrected chi connectivity index (χ3v) is 7.71. The fourth-order valence-electron chi connectivity index (χ4n) is 3.96. The van der Waals surface area contributed by atoms with E-state index in [1.165, 1.54) is 4.31 Å². The van der Waals surface area contributed by atoms with Gasteiger partial charge in [-0.2, -0.15) is 4.31 Å². The van der Waals surface area contributed by atoms with Crippen molar-refractivity contribution in [3.63, 3.8) is 0 Å². The van der Waals surface area contributed by atoms with Crippen molar-refractivity contribution < 1.29 is 13.2 Å². The zero-order chi connectivity index (χ0) is 23.3. The van der Waals surface area contributed by atoms with E-state index < -0.39 is 10.0 Å². The molecule has 0 aliphatic carbocycles. The van der Waals surface area contributed by atoms with Gasteiger partial charge in [0.15, 0.2) is 0 Å². The van der Waals surface area contributed by atoms with Crippen LogP contribution >= 0.6 is 0 Å². The van der Waals surface area contributed by atoms with Crippen molar-refractivity contribution in [3.05, 3.63) is 78.8 Å². The first kappa shape index (κ1) is 22.9. The molecule has 2 heterocycles. The number of hydrogen-bond acceptors (Lipinski definition) is 6. The van der Waals surface area contributed by atoms with Crippen molar-refractivity contribution in [3.8, 4) is 0 Å². The van der Waals surface area contributed by atoms with Crippen LogP contribution in [0.25, 0.3) is 0 Å². The fourth-order valence-corrected chi connectivity index (χ4v) is 5.38. The molecule has 1 fully saturated rings. The van der Waals surface area contributed by atoms with Crippen LogP contribution in [-0.4, -0.2) is 54.8 Å². The van der Waals surface area contributed by atoms with Gasteiger partial charge in [-0.1, -0.05) is 37.3 Å². The van der Waals surface area contributed by atoms with Crippen molar-refractivity contribution in [2.75, 3.05) is 36.4 Å². The van der Waals surface area contributed by atoms with Gasteiger partial charge in [-0.3, -0.25) is 9.78 Å². The molecule has 0 radical (unpaired) electrons. The second kappa shape index (κ2) is 10.1. The van der Waals surface area contributed by atoms with E-state index in [1.807, 2.05) is 42.2 Å². The molecule has 4 rings (SSSR count). The highest BCUT2D eigenvalue weighted by molar-refractivity contribution is 7.89. The number of anilines is 2. The molecule has 8 nitrogen and oxygen atoms in total. The minimum absolute atomic E-state index is 0.112. The highest BCUT2D eigenvalue weighted by atomic mass is 32.2. The topological polar surface area (TPSA) is 95.5 Å². The van der Waals surface area contributed by atoms with E-state index in [4.69, 9.17) is 0 Å². The number of carbonyl (C=O) groups is 1. The normalized spacial score (nSPS) is 15.7. The van der Waals surface area contributed by atoms with Crippen LogP contribution in [0.4, 0.5) is 11.5 Å². The maximum atomic E-state index is 13.1. The summed E-state index contributed by atoms with van der Waals surface area (Å²) in [7, 11) is -3.62. The Labute approximate surface area is 194 Å². The Morgan fingerprint density at radius 3 is 2.30 bits per heavy atom. The average molecular weight is 466 g/mol. The minimum Gasteiger partial charge on any atom is -0.353 e. The first-order valence-electron chi connectivity index (χ1n) is 11.0. The SMILES string of the molecule is CCC(C(=O)Nc1ccc(S(=O)(=O)N2CCN(c3cnccn3)CC2)cc1)c1ccccc1. The molecule has 1 aromatic heterocycles. The Bertz CT molecular complexity index is 1160. The van der Waals surface area contributed by atoms with Gasteiger partial charge in [0.05, 0.1) is 17.0 Å². The van der Waals surface area contributed by atoms with Gasteiger partial charge in [-0.05, 0) is 36.2 Å². The maximum Gasteiger partial charge on any atom is 0.243 e. The molecule has 33 heavy (non-hydrogen) atoms. The van der Waals surface area contributed by atoms with E-state index in [2.05, 4.69) is 15.3 Å². The summed E-state index contributed by atoms with van der Waals surface area (Å²) in [6, 6.07) is 16.0. The molecule has 1 N–H and O–H groups in total. The van der Waals surface area contributed by atoms with Crippen molar-refractivity contribution in [2.45, 2.75) is 24.2 Å². The number of sulfonamides is 1. The lowest BCUT2D eigenvalue weighted by Gasteiger charge is -2.34. The Morgan fingerprint density at radius 2 is 1.70 bits per heavy atom. The summed E-state index contributed by atoms with van der Waals surface area (Å²) in [5.41, 5.74) is 1.53. The second-order valence-corrected chi connectivity index (χ2v) is 9.78. The summed E-state index contributed by atoms with van der Waals surface area (Å²) in [4.78, 5) is 23.4. The van der Waals surface area contributed by atoms with Crippen LogP contribution in [0.2, 0.25) is 0 Å². The molecular formula is C24H27N5O3S. The van der Waals surface area contributed by atoms with Crippen LogP contribution in [-0.2, 0) is 14.8 Å². The van der Waals surface area contributed by atoms with Gasteiger partial charge < -0.3 is 10.2 Å². The Kier molecular flexibility index (Phi) is 7.00. The summed E-state index contributed by atoms with van der Waals surface area (Å²) in [6.07, 6.45) is 5.59. The van der Waals surface area contributed by atoms with Crippen LogP contribution in [0.15, 0.2) is 78.1 Å². The van der Waals surface area contributed by atoms with Crippen LogP contribution in [0.1, 0.15) is 24.8 Å². The average Bonchev–Trinajstić information content (AvgIpc) is 2.86. The van der Waals surface area contributed by atoms with Crippen LogP contribution < -0.4 is 10.2 Å². The number of hydrogen-bond donors (Lipinski definition) is 1. The molecule has 1 amide bonds. The summed E-state index contributed by atoms with van der Waals surface area (Å²) in [5.74, 6) is 0.371. The van der Waals surface area contributed by atoms with Gasteiger partial charge in [0.1, 0.15) is 5.82 Å². The summed E-state index contributed by atoms with van der Waals surface area (Å²) in [6.45, 7) is 3.80. The molecule has 0 saturated carbocycles. The lowest BCUT2D eigenvalue weighted by molar-refractivity contribution is -0.117. The Hall–Kier alpha value is -3.30. The second-order valence-electron chi connectivity index (χ2n) is 7.84. The number of nitrogens with one attached hydrogen (secondary N) is 1. The molecule has 2 aromatic carbocycles. The van der Waals surface area contributed by atoms with Crippen LogP contribution in [0.5, 0.6) is 0 Å². The largest absolute Gasteiger partial charge is 0.353 e. The van der Waals surface area contributed by atoms with Gasteiger partial charge in [-0.25, -0.2) is 13.4 Å². The molecule has 1 saturated heterocycles. The summed E-state index contributed by atoms with van der Waals surface area (Å²) in [5, 5.41) is 2.91. The minimum atomic E-state index is -3.62. The highest BCUT2D eigenvalue weighted by Crippen LogP contribution is 2.24. The zero-order valence-corrected chi connectivity index (χ0v) is 19.3. The summed E-state index contributed by atoms with van der Waals surface area (Å²) < 4.78 is 27.7. The molecular weight excluding hydrogens is 438 g/mol. The molecule has 1 atom stereocenters. The van der Waals surface area contributed by atoms with Gasteiger partial charge in [-0.15, -0.1) is 0 Å². The highest BCUT2D eigenvalue weighted by Gasteiger charge is 2.29. The molecule has 172 valence electrons. The third-order valence-electron chi connectivity index (χ3n) is 5.80. The first-order valence-corrected chi connectivity index (χ1v) is 12.4. The molecule has 9 heteroatoms. The number of carbonyl (C=O) groups excluding carboxylic acids is 1. The van der Waals surface area contributed by atoms with Crippen molar-refractivity contribution >= 4 is 27.4 Å². The standard InChI is InChI=1S/C24H27N5O3S/c1-2-22(19-6-4-3-5-7-19)24(30)27-20-8-10-21(11-9-20)33(31,32)29-16-14-28(15-17-29)23-18-25-12-13-26-23/h3-13,18,22H,2,14-17H2,1H3,(H,27,30). The monoisotopic (exact) mass is 465 g/mol. The number of piperazine rings is 1. The van der Waals surface area contributed by atoms with Crippen molar-refractivity contribution in [1.82, 2.24) is 14.3 Å². The fraction of sp³-hybridized carbons (Fsp3) is 0.292. The predicted octanol–water partition coefficient (Wildman–Crippen LogP) is 3.12. The molecule has 0 bridgehead atoms. The van der Waals surface area contributed by atoms with E-state index in [0.29, 0.717) is 38.3 Å². The van der Waals surface area contributed by atoms with Gasteiger partial charge in [0.2, 0.25) is 15.9 Å². The summed E-state index contributed by atoms with van der Waals surface area (Å²) >= 11 is 0. The smallest absolute Gasteiger partial charge is 0.243 e. The molecule has 3 aromatic rings. The van der Waals surface area contributed by atoms with Crippen LogP contribution in [0, 0.1) is 0 Å². The van der Waals surface area contributed by atoms with E-state index in [0.717, 1.165) is 11.4 Å². The van der Waals surface area contributed by atoms with Gasteiger partial charge >= 0.3 is 0 Å². The van der Waals surface area contributed by atoms with Crippen LogP contribution in [0.3, 0.4) is 0 Å². The lowest BCUT2D eigenvalue weighted by atomic mass is 9.95. The zero-order valence-electron chi connectivity index (χ0n) is 18.5. The van der Waals surface area contributed by atoms with E-state index in [-0.39, 0.29) is 16.7 Å². The molecule has 0 spiro atoms. The van der Waals surface area contributed by atoms with E-state index in [9.17, 15) is 13.2 Å². The first-order chi connectivity index (χ1) is 16.0. The predicted molar refractivity (Wildman–Crippen MR) is 128 cm³/mol. The molecule has 1 aliphatic rings.